The second-order valence-corrected chi connectivity index (χ2v) is 4.99. The molecule has 3 heteroatoms. The van der Waals surface area contributed by atoms with E-state index in [2.05, 4.69) is 4.98 Å². The van der Waals surface area contributed by atoms with Crippen molar-refractivity contribution in [1.29, 1.82) is 0 Å². The lowest BCUT2D eigenvalue weighted by atomic mass is 10.0. The number of nitrogens with zero attached hydrogens (tertiary/aromatic N) is 1. The molecule has 3 nitrogen and oxygen atoms in total. The zero-order chi connectivity index (χ0) is 12.4. The van der Waals surface area contributed by atoms with Crippen LogP contribution in [-0.2, 0) is 6.42 Å². The lowest BCUT2D eigenvalue weighted by Crippen LogP contribution is -2.11. The van der Waals surface area contributed by atoms with E-state index in [1.165, 1.54) is 12.8 Å². The first kappa shape index (κ1) is 12.4. The molecule has 1 atom stereocenters. The smallest absolute Gasteiger partial charge is 0.128 e. The molecule has 0 bridgehead atoms. The molecule has 1 aromatic rings. The van der Waals surface area contributed by atoms with Crippen molar-refractivity contribution in [2.75, 3.05) is 7.11 Å². The highest BCUT2D eigenvalue weighted by Crippen LogP contribution is 2.34. The normalized spacial score (nSPS) is 16.9. The van der Waals surface area contributed by atoms with Crippen molar-refractivity contribution in [2.24, 2.45) is 5.92 Å². The summed E-state index contributed by atoms with van der Waals surface area (Å²) in [7, 11) is 1.69. The van der Waals surface area contributed by atoms with Crippen LogP contribution in [0, 0.1) is 19.8 Å². The van der Waals surface area contributed by atoms with Crippen molar-refractivity contribution in [1.82, 2.24) is 4.98 Å². The molecule has 2 rings (SSSR count). The van der Waals surface area contributed by atoms with Gasteiger partial charge in [-0.05, 0) is 45.4 Å². The van der Waals surface area contributed by atoms with Crippen molar-refractivity contribution < 1.29 is 9.84 Å². The number of aryl methyl sites for hydroxylation is 2. The topological polar surface area (TPSA) is 42.4 Å². The van der Waals surface area contributed by atoms with E-state index < -0.39 is 0 Å². The summed E-state index contributed by atoms with van der Waals surface area (Å²) < 4.78 is 5.38. The zero-order valence-corrected chi connectivity index (χ0v) is 10.9. The minimum atomic E-state index is -0.150. The van der Waals surface area contributed by atoms with Gasteiger partial charge in [0.15, 0.2) is 0 Å². The molecule has 0 radical (unpaired) electrons. The Morgan fingerprint density at radius 1 is 1.47 bits per heavy atom. The summed E-state index contributed by atoms with van der Waals surface area (Å²) in [4.78, 5) is 4.45. The van der Waals surface area contributed by atoms with Crippen LogP contribution < -0.4 is 4.74 Å². The van der Waals surface area contributed by atoms with Gasteiger partial charge < -0.3 is 9.84 Å². The van der Waals surface area contributed by atoms with Gasteiger partial charge in [-0.1, -0.05) is 0 Å². The van der Waals surface area contributed by atoms with Gasteiger partial charge in [0.05, 0.1) is 13.2 Å². The van der Waals surface area contributed by atoms with Crippen molar-refractivity contribution in [3.63, 3.8) is 0 Å². The van der Waals surface area contributed by atoms with Crippen LogP contribution in [0.25, 0.3) is 0 Å². The van der Waals surface area contributed by atoms with Gasteiger partial charge in [-0.2, -0.15) is 0 Å². The Balaban J connectivity index is 2.04. The van der Waals surface area contributed by atoms with Crippen molar-refractivity contribution >= 4 is 0 Å². The van der Waals surface area contributed by atoms with Gasteiger partial charge in [0.2, 0.25) is 0 Å². The molecule has 1 unspecified atom stereocenters. The van der Waals surface area contributed by atoms with Gasteiger partial charge >= 0.3 is 0 Å². The summed E-state index contributed by atoms with van der Waals surface area (Å²) in [5, 5.41) is 9.86. The predicted molar refractivity (Wildman–Crippen MR) is 67.3 cm³/mol. The highest BCUT2D eigenvalue weighted by molar-refractivity contribution is 5.41. The molecular formula is C14H21NO2. The number of aromatic nitrogens is 1. The molecule has 1 aliphatic rings. The van der Waals surface area contributed by atoms with Crippen LogP contribution in [0.15, 0.2) is 6.20 Å². The van der Waals surface area contributed by atoms with Gasteiger partial charge in [0, 0.05) is 23.0 Å². The van der Waals surface area contributed by atoms with E-state index in [-0.39, 0.29) is 6.10 Å². The number of ether oxygens (including phenoxy) is 1. The Kier molecular flexibility index (Phi) is 3.67. The van der Waals surface area contributed by atoms with Crippen LogP contribution in [0.5, 0.6) is 5.75 Å². The minimum absolute atomic E-state index is 0.150. The number of pyridine rings is 1. The average Bonchev–Trinajstić information content (AvgIpc) is 3.12. The Morgan fingerprint density at radius 3 is 2.76 bits per heavy atom. The fourth-order valence-corrected chi connectivity index (χ4v) is 2.32. The molecule has 1 heterocycles. The first-order valence-corrected chi connectivity index (χ1v) is 6.30. The van der Waals surface area contributed by atoms with Gasteiger partial charge in [-0.25, -0.2) is 0 Å². The third-order valence-corrected chi connectivity index (χ3v) is 3.59. The largest absolute Gasteiger partial charge is 0.496 e. The quantitative estimate of drug-likeness (QED) is 0.852. The summed E-state index contributed by atoms with van der Waals surface area (Å²) in [6, 6.07) is 0. The third kappa shape index (κ3) is 2.78. The van der Waals surface area contributed by atoms with Gasteiger partial charge in [0.1, 0.15) is 5.75 Å². The van der Waals surface area contributed by atoms with Crippen LogP contribution in [0.1, 0.15) is 36.1 Å². The molecule has 17 heavy (non-hydrogen) atoms. The lowest BCUT2D eigenvalue weighted by Gasteiger charge is -2.13. The molecule has 0 aliphatic heterocycles. The summed E-state index contributed by atoms with van der Waals surface area (Å²) in [5.74, 6) is 1.47. The average molecular weight is 235 g/mol. The molecule has 0 aromatic carbocycles. The number of methoxy groups -OCH3 is 1. The van der Waals surface area contributed by atoms with Crippen LogP contribution in [0.2, 0.25) is 0 Å². The summed E-state index contributed by atoms with van der Waals surface area (Å²) in [6.07, 6.45) is 5.72. The molecule has 94 valence electrons. The molecule has 0 spiro atoms. The van der Waals surface area contributed by atoms with Gasteiger partial charge in [-0.15, -0.1) is 0 Å². The van der Waals surface area contributed by atoms with E-state index >= 15 is 0 Å². The number of hydrogen-bond acceptors (Lipinski definition) is 3. The Hall–Kier alpha value is -1.09. The number of hydrogen-bond donors (Lipinski definition) is 1. The Labute approximate surface area is 103 Å². The van der Waals surface area contributed by atoms with E-state index in [0.717, 1.165) is 35.4 Å². The van der Waals surface area contributed by atoms with E-state index in [1.807, 2.05) is 20.0 Å². The number of aliphatic hydroxyl groups excluding tert-OH is 1. The maximum atomic E-state index is 9.86. The standard InChI is InChI=1S/C14H21NO2/c1-9-8-15-12(10(2)14(9)17-3)6-7-13(16)11-4-5-11/h8,11,13,16H,4-7H2,1-3H3. The molecule has 0 saturated heterocycles. The fraction of sp³-hybridized carbons (Fsp3) is 0.643. The molecule has 1 fully saturated rings. The fourth-order valence-electron chi connectivity index (χ4n) is 2.32. The second-order valence-electron chi connectivity index (χ2n) is 4.99. The summed E-state index contributed by atoms with van der Waals surface area (Å²) in [5.41, 5.74) is 3.22. The number of rotatable bonds is 5. The minimum Gasteiger partial charge on any atom is -0.496 e. The second kappa shape index (κ2) is 5.05. The highest BCUT2D eigenvalue weighted by atomic mass is 16.5. The Bertz CT molecular complexity index is 399. The van der Waals surface area contributed by atoms with E-state index in [4.69, 9.17) is 4.74 Å². The molecule has 1 aliphatic carbocycles. The monoisotopic (exact) mass is 235 g/mol. The van der Waals surface area contributed by atoms with Crippen LogP contribution >= 0.6 is 0 Å². The van der Waals surface area contributed by atoms with Gasteiger partial charge in [0.25, 0.3) is 0 Å². The maximum absolute atomic E-state index is 9.86. The molecule has 1 N–H and O–H groups in total. The van der Waals surface area contributed by atoms with E-state index in [1.54, 1.807) is 7.11 Å². The molecule has 1 aromatic heterocycles. The SMILES string of the molecule is COc1c(C)cnc(CCC(O)C2CC2)c1C. The van der Waals surface area contributed by atoms with Crippen molar-refractivity contribution in [2.45, 2.75) is 45.6 Å². The van der Waals surface area contributed by atoms with Crippen molar-refractivity contribution in [3.05, 3.63) is 23.0 Å². The zero-order valence-electron chi connectivity index (χ0n) is 10.9. The predicted octanol–water partition coefficient (Wildman–Crippen LogP) is 2.41. The first-order chi connectivity index (χ1) is 8.13. The highest BCUT2D eigenvalue weighted by Gasteiger charge is 2.29. The van der Waals surface area contributed by atoms with E-state index in [0.29, 0.717) is 5.92 Å². The number of aliphatic hydroxyl groups is 1. The Morgan fingerprint density at radius 2 is 2.18 bits per heavy atom. The third-order valence-electron chi connectivity index (χ3n) is 3.59. The van der Waals surface area contributed by atoms with Crippen LogP contribution in [0.3, 0.4) is 0 Å². The summed E-state index contributed by atoms with van der Waals surface area (Å²) in [6.45, 7) is 4.04. The molecular weight excluding hydrogens is 214 g/mol. The maximum Gasteiger partial charge on any atom is 0.128 e. The van der Waals surface area contributed by atoms with Crippen molar-refractivity contribution in [3.8, 4) is 5.75 Å². The lowest BCUT2D eigenvalue weighted by molar-refractivity contribution is 0.141. The van der Waals surface area contributed by atoms with E-state index in [9.17, 15) is 5.11 Å². The summed E-state index contributed by atoms with van der Waals surface area (Å²) >= 11 is 0. The molecule has 0 amide bonds. The first-order valence-electron chi connectivity index (χ1n) is 6.30. The van der Waals surface area contributed by atoms with Crippen LogP contribution in [-0.4, -0.2) is 23.3 Å². The molecule has 1 saturated carbocycles. The van der Waals surface area contributed by atoms with Crippen LogP contribution in [0.4, 0.5) is 0 Å². The van der Waals surface area contributed by atoms with Gasteiger partial charge in [-0.3, -0.25) is 4.98 Å².